The van der Waals surface area contributed by atoms with Gasteiger partial charge in [0.25, 0.3) is 0 Å². The van der Waals surface area contributed by atoms with Crippen molar-refractivity contribution in [1.29, 1.82) is 0 Å². The Morgan fingerprint density at radius 2 is 1.81 bits per heavy atom. The highest BCUT2D eigenvalue weighted by Gasteiger charge is 2.66. The summed E-state index contributed by atoms with van der Waals surface area (Å²) in [4.78, 5) is 13.2. The molecular formula is C27H44O5. The number of aliphatic hydroxyl groups is 4. The quantitative estimate of drug-likeness (QED) is 0.513. The van der Waals surface area contributed by atoms with Crippen LogP contribution in [0.4, 0.5) is 0 Å². The van der Waals surface area contributed by atoms with E-state index in [-0.39, 0.29) is 40.3 Å². The van der Waals surface area contributed by atoms with E-state index in [1.54, 1.807) is 19.9 Å². The molecule has 0 amide bonds. The number of fused-ring (bicyclic) bond motifs is 5. The monoisotopic (exact) mass is 448 g/mol. The standard InChI is InChI=1S/C27H44O5/c1-16(22(29)9-10-24(2,3)31)18-8-13-27(32)20-15-23(30)21-14-17(28)6-11-25(21,4)19(20)7-12-26(18,27)5/h15-19,21-22,28-29,31-32H,6-14H2,1-5H3/t16-,17?,18?,19?,21?,22+,25?,26?,27-/m0/s1. The molecule has 3 fully saturated rings. The zero-order chi connectivity index (χ0) is 23.7. The van der Waals surface area contributed by atoms with Crippen LogP contribution in [-0.4, -0.2) is 49.6 Å². The van der Waals surface area contributed by atoms with Crippen LogP contribution in [0, 0.1) is 34.5 Å². The van der Waals surface area contributed by atoms with Gasteiger partial charge in [-0.1, -0.05) is 20.8 Å². The molecule has 0 aliphatic heterocycles. The van der Waals surface area contributed by atoms with Crippen LogP contribution in [-0.2, 0) is 4.79 Å². The predicted octanol–water partition coefficient (Wildman–Crippen LogP) is 3.77. The SMILES string of the molecule is C[C@@H](C1CC[C@]2(O)C3=CC(=O)C4CC(O)CCC4(C)C3CCC12C)[C@H](O)CCC(C)(C)O. The summed E-state index contributed by atoms with van der Waals surface area (Å²) in [5, 5.41) is 43.4. The summed E-state index contributed by atoms with van der Waals surface area (Å²) in [7, 11) is 0. The van der Waals surface area contributed by atoms with Crippen LogP contribution >= 0.6 is 0 Å². The van der Waals surface area contributed by atoms with E-state index < -0.39 is 23.4 Å². The highest BCUT2D eigenvalue weighted by molar-refractivity contribution is 5.95. The molecule has 4 rings (SSSR count). The highest BCUT2D eigenvalue weighted by atomic mass is 16.3. The van der Waals surface area contributed by atoms with Gasteiger partial charge in [-0.15, -0.1) is 0 Å². The van der Waals surface area contributed by atoms with Crippen molar-refractivity contribution in [2.24, 2.45) is 34.5 Å². The number of carbonyl (C=O) groups is 1. The Morgan fingerprint density at radius 1 is 1.12 bits per heavy atom. The first-order valence-corrected chi connectivity index (χ1v) is 12.8. The largest absolute Gasteiger partial charge is 0.393 e. The molecule has 0 bridgehead atoms. The summed E-state index contributed by atoms with van der Waals surface area (Å²) in [5.41, 5.74) is -1.43. The van der Waals surface area contributed by atoms with Crippen LogP contribution in [0.3, 0.4) is 0 Å². The number of carbonyl (C=O) groups excluding carboxylic acids is 1. The molecule has 0 radical (unpaired) electrons. The van der Waals surface area contributed by atoms with Crippen molar-refractivity contribution in [2.75, 3.05) is 0 Å². The van der Waals surface area contributed by atoms with E-state index in [2.05, 4.69) is 20.8 Å². The predicted molar refractivity (Wildman–Crippen MR) is 124 cm³/mol. The summed E-state index contributed by atoms with van der Waals surface area (Å²) in [6.07, 6.45) is 7.33. The average molecular weight is 449 g/mol. The molecule has 6 unspecified atom stereocenters. The fraction of sp³-hybridized carbons (Fsp3) is 0.889. The zero-order valence-electron chi connectivity index (χ0n) is 20.6. The van der Waals surface area contributed by atoms with Gasteiger partial charge in [-0.25, -0.2) is 0 Å². The van der Waals surface area contributed by atoms with Crippen LogP contribution in [0.25, 0.3) is 0 Å². The molecule has 4 N–H and O–H groups in total. The number of rotatable bonds is 5. The third-order valence-electron chi connectivity index (χ3n) is 10.4. The molecule has 9 atom stereocenters. The second-order valence-electron chi connectivity index (χ2n) is 12.8. The summed E-state index contributed by atoms with van der Waals surface area (Å²) in [6.45, 7) is 10.0. The summed E-state index contributed by atoms with van der Waals surface area (Å²) in [5.74, 6) is 0.301. The lowest BCUT2D eigenvalue weighted by molar-refractivity contribution is -0.142. The molecule has 4 aliphatic carbocycles. The lowest BCUT2D eigenvalue weighted by atomic mass is 9.46. The van der Waals surface area contributed by atoms with Crippen molar-refractivity contribution in [3.63, 3.8) is 0 Å². The number of hydrogen-bond donors (Lipinski definition) is 4. The summed E-state index contributed by atoms with van der Waals surface area (Å²) >= 11 is 0. The van der Waals surface area contributed by atoms with Crippen LogP contribution in [0.15, 0.2) is 11.6 Å². The first kappa shape index (κ1) is 24.4. The number of hydrogen-bond acceptors (Lipinski definition) is 5. The maximum absolute atomic E-state index is 13.2. The molecule has 0 saturated heterocycles. The van der Waals surface area contributed by atoms with E-state index >= 15 is 0 Å². The third-order valence-corrected chi connectivity index (χ3v) is 10.4. The number of aliphatic hydroxyl groups excluding tert-OH is 2. The van der Waals surface area contributed by atoms with Gasteiger partial charge >= 0.3 is 0 Å². The van der Waals surface area contributed by atoms with E-state index in [1.807, 2.05) is 0 Å². The van der Waals surface area contributed by atoms with Gasteiger partial charge in [0.2, 0.25) is 0 Å². The first-order valence-electron chi connectivity index (χ1n) is 12.8. The van der Waals surface area contributed by atoms with Crippen molar-refractivity contribution < 1.29 is 25.2 Å². The van der Waals surface area contributed by atoms with Gasteiger partial charge in [-0.2, -0.15) is 0 Å². The van der Waals surface area contributed by atoms with Crippen molar-refractivity contribution in [2.45, 2.75) is 116 Å². The van der Waals surface area contributed by atoms with Gasteiger partial charge in [-0.05, 0) is 106 Å². The third kappa shape index (κ3) is 3.62. The van der Waals surface area contributed by atoms with Gasteiger partial charge in [0, 0.05) is 11.3 Å². The molecule has 0 aromatic heterocycles. The summed E-state index contributed by atoms with van der Waals surface area (Å²) in [6, 6.07) is 0. The molecule has 32 heavy (non-hydrogen) atoms. The van der Waals surface area contributed by atoms with Gasteiger partial charge in [0.05, 0.1) is 23.4 Å². The molecule has 0 spiro atoms. The molecular weight excluding hydrogens is 404 g/mol. The van der Waals surface area contributed by atoms with Gasteiger partial charge < -0.3 is 20.4 Å². The van der Waals surface area contributed by atoms with Crippen LogP contribution < -0.4 is 0 Å². The van der Waals surface area contributed by atoms with E-state index in [0.717, 1.165) is 37.7 Å². The van der Waals surface area contributed by atoms with Crippen molar-refractivity contribution in [1.82, 2.24) is 0 Å². The van der Waals surface area contributed by atoms with E-state index in [0.29, 0.717) is 25.7 Å². The van der Waals surface area contributed by atoms with Crippen molar-refractivity contribution >= 4 is 5.78 Å². The minimum Gasteiger partial charge on any atom is -0.393 e. The average Bonchev–Trinajstić information content (AvgIpc) is 2.98. The smallest absolute Gasteiger partial charge is 0.159 e. The Hall–Kier alpha value is -0.750. The fourth-order valence-electron chi connectivity index (χ4n) is 8.23. The molecule has 5 nitrogen and oxygen atoms in total. The Bertz CT molecular complexity index is 783. The van der Waals surface area contributed by atoms with Gasteiger partial charge in [0.1, 0.15) is 0 Å². The topological polar surface area (TPSA) is 98.0 Å². The van der Waals surface area contributed by atoms with Crippen molar-refractivity contribution in [3.8, 4) is 0 Å². The Labute approximate surface area is 193 Å². The first-order chi connectivity index (χ1) is 14.7. The van der Waals surface area contributed by atoms with Crippen LogP contribution in [0.2, 0.25) is 0 Å². The summed E-state index contributed by atoms with van der Waals surface area (Å²) < 4.78 is 0. The number of allylic oxidation sites excluding steroid dienone is 1. The second kappa shape index (κ2) is 7.90. The molecule has 0 aromatic carbocycles. The lowest BCUT2D eigenvalue weighted by Gasteiger charge is -2.59. The molecule has 0 aromatic rings. The molecule has 0 heterocycles. The normalized spacial score (nSPS) is 46.0. The maximum atomic E-state index is 13.2. The highest BCUT2D eigenvalue weighted by Crippen LogP contribution is 2.68. The van der Waals surface area contributed by atoms with Gasteiger partial charge in [-0.3, -0.25) is 4.79 Å². The maximum Gasteiger partial charge on any atom is 0.159 e. The minimum absolute atomic E-state index is 0.0148. The molecule has 5 heteroatoms. The van der Waals surface area contributed by atoms with Gasteiger partial charge in [0.15, 0.2) is 5.78 Å². The Balaban J connectivity index is 1.61. The van der Waals surface area contributed by atoms with E-state index in [4.69, 9.17) is 0 Å². The minimum atomic E-state index is -1.01. The Kier molecular flexibility index (Phi) is 6.02. The number of ketones is 1. The second-order valence-corrected chi connectivity index (χ2v) is 12.8. The molecule has 182 valence electrons. The molecule has 3 saturated carbocycles. The van der Waals surface area contributed by atoms with Crippen LogP contribution in [0.5, 0.6) is 0 Å². The molecule has 4 aliphatic rings. The fourth-order valence-corrected chi connectivity index (χ4v) is 8.23. The Morgan fingerprint density at radius 3 is 2.47 bits per heavy atom. The van der Waals surface area contributed by atoms with E-state index in [9.17, 15) is 25.2 Å². The van der Waals surface area contributed by atoms with Crippen molar-refractivity contribution in [3.05, 3.63) is 11.6 Å². The zero-order valence-corrected chi connectivity index (χ0v) is 20.6. The van der Waals surface area contributed by atoms with E-state index in [1.165, 1.54) is 0 Å². The van der Waals surface area contributed by atoms with Crippen LogP contribution in [0.1, 0.15) is 92.4 Å². The lowest BCUT2D eigenvalue weighted by Crippen LogP contribution is -2.59.